The van der Waals surface area contributed by atoms with Gasteiger partial charge in [-0.1, -0.05) is 32.9 Å². The van der Waals surface area contributed by atoms with Crippen molar-refractivity contribution in [1.29, 1.82) is 0 Å². The van der Waals surface area contributed by atoms with Crippen LogP contribution in [0.1, 0.15) is 66.0 Å². The average molecular weight is 699 g/mol. The fourth-order valence-electron chi connectivity index (χ4n) is 9.06. The van der Waals surface area contributed by atoms with Crippen molar-refractivity contribution in [2.24, 2.45) is 0 Å². The van der Waals surface area contributed by atoms with Crippen LogP contribution in [-0.2, 0) is 6.42 Å². The number of aromatic hydroxyl groups is 9. The summed E-state index contributed by atoms with van der Waals surface area (Å²) in [5, 5.41) is 104. The highest BCUT2D eigenvalue weighted by Gasteiger charge is 2.40. The number of phenolic OH excluding ortho intramolecular Hbond substituents is 9. The molecule has 11 nitrogen and oxygen atoms in total. The van der Waals surface area contributed by atoms with Crippen molar-refractivity contribution in [3.8, 4) is 51.7 Å². The summed E-state index contributed by atoms with van der Waals surface area (Å²) < 4.78 is 0. The quantitative estimate of drug-likeness (QED) is 0.0673. The van der Waals surface area contributed by atoms with E-state index in [1.54, 1.807) is 20.8 Å². The van der Waals surface area contributed by atoms with E-state index in [9.17, 15) is 55.5 Å². The SMILES string of the molecule is CCc1c(O)c2c(=O)c3c(O)cc(O)c4c3c3c2c(c1O)c1c(O)c(C(C)C)c(O)c2c(=O)c5c(O)c(C)c(O)c(c5c3c21)C4c1ccc(O)cc1. The fraction of sp³-hybridized carbons (Fsp3) is 0.171. The number of benzene rings is 8. The van der Waals surface area contributed by atoms with Crippen LogP contribution < -0.4 is 10.9 Å². The first kappa shape index (κ1) is 31.4. The zero-order valence-corrected chi connectivity index (χ0v) is 28.1. The van der Waals surface area contributed by atoms with Crippen LogP contribution in [0.4, 0.5) is 0 Å². The van der Waals surface area contributed by atoms with E-state index in [-0.39, 0.29) is 105 Å². The van der Waals surface area contributed by atoms with Gasteiger partial charge < -0.3 is 46.0 Å². The van der Waals surface area contributed by atoms with Gasteiger partial charge in [-0.3, -0.25) is 9.59 Å². The molecule has 0 bridgehead atoms. The maximum Gasteiger partial charge on any atom is 0.201 e. The predicted octanol–water partition coefficient (Wildman–Crippen LogP) is 7.04. The van der Waals surface area contributed by atoms with Gasteiger partial charge in [-0.25, -0.2) is 0 Å². The summed E-state index contributed by atoms with van der Waals surface area (Å²) in [6.07, 6.45) is 0.0186. The highest BCUT2D eigenvalue weighted by atomic mass is 16.3. The third-order valence-corrected chi connectivity index (χ3v) is 11.2. The summed E-state index contributed by atoms with van der Waals surface area (Å²) in [6, 6.07) is 6.75. The maximum atomic E-state index is 14.9. The third-order valence-electron chi connectivity index (χ3n) is 11.2. The molecule has 11 heteroatoms. The Balaban J connectivity index is 1.84. The van der Waals surface area contributed by atoms with Crippen LogP contribution in [0.5, 0.6) is 51.7 Å². The van der Waals surface area contributed by atoms with Crippen LogP contribution in [-0.4, -0.2) is 46.0 Å². The Bertz CT molecular complexity index is 3110. The molecule has 260 valence electrons. The van der Waals surface area contributed by atoms with Gasteiger partial charge in [-0.2, -0.15) is 0 Å². The molecule has 1 atom stereocenters. The lowest BCUT2D eigenvalue weighted by molar-refractivity contribution is 0.440. The second kappa shape index (κ2) is 9.79. The van der Waals surface area contributed by atoms with E-state index in [2.05, 4.69) is 0 Å². The summed E-state index contributed by atoms with van der Waals surface area (Å²) in [5.74, 6) is -6.34. The number of hydrogen-bond donors (Lipinski definition) is 9. The van der Waals surface area contributed by atoms with E-state index >= 15 is 0 Å². The molecule has 0 amide bonds. The van der Waals surface area contributed by atoms with Gasteiger partial charge in [0.1, 0.15) is 51.7 Å². The Kier molecular flexibility index (Phi) is 5.90. The van der Waals surface area contributed by atoms with Crippen molar-refractivity contribution in [3.05, 3.63) is 84.2 Å². The Hall–Kier alpha value is -6.62. The van der Waals surface area contributed by atoms with Gasteiger partial charge in [0.05, 0.1) is 21.5 Å². The number of rotatable bonds is 3. The van der Waals surface area contributed by atoms with Gasteiger partial charge in [0.15, 0.2) is 0 Å². The first-order valence-electron chi connectivity index (χ1n) is 16.7. The minimum atomic E-state index is -1.24. The molecule has 1 unspecified atom stereocenters. The van der Waals surface area contributed by atoms with Crippen molar-refractivity contribution in [3.63, 3.8) is 0 Å². The molecule has 9 N–H and O–H groups in total. The highest BCUT2D eigenvalue weighted by Crippen LogP contribution is 2.62. The lowest BCUT2D eigenvalue weighted by Gasteiger charge is -2.25. The van der Waals surface area contributed by atoms with Crippen LogP contribution >= 0.6 is 0 Å². The predicted molar refractivity (Wildman–Crippen MR) is 197 cm³/mol. The van der Waals surface area contributed by atoms with Gasteiger partial charge in [0.25, 0.3) is 0 Å². The molecule has 8 aromatic carbocycles. The van der Waals surface area contributed by atoms with Crippen molar-refractivity contribution in [1.82, 2.24) is 0 Å². The molecule has 0 fully saturated rings. The van der Waals surface area contributed by atoms with Crippen molar-refractivity contribution in [2.75, 3.05) is 0 Å². The van der Waals surface area contributed by atoms with Crippen LogP contribution in [0.15, 0.2) is 39.9 Å². The minimum Gasteiger partial charge on any atom is -0.508 e. The molecule has 0 saturated heterocycles. The average Bonchev–Trinajstić information content (AvgIpc) is 3.21. The first-order chi connectivity index (χ1) is 24.6. The monoisotopic (exact) mass is 698 g/mol. The Morgan fingerprint density at radius 1 is 0.538 bits per heavy atom. The molecule has 0 spiro atoms. The summed E-state index contributed by atoms with van der Waals surface area (Å²) in [5.41, 5.74) is -1.57. The van der Waals surface area contributed by atoms with Gasteiger partial charge in [-0.05, 0) is 37.0 Å². The van der Waals surface area contributed by atoms with E-state index in [1.807, 2.05) is 0 Å². The van der Waals surface area contributed by atoms with Gasteiger partial charge in [-0.15, -0.1) is 0 Å². The van der Waals surface area contributed by atoms with Crippen LogP contribution in [0.25, 0.3) is 64.6 Å². The van der Waals surface area contributed by atoms with E-state index in [4.69, 9.17) is 0 Å². The Labute approximate surface area is 292 Å². The van der Waals surface area contributed by atoms with E-state index in [0.717, 1.165) is 6.07 Å². The maximum absolute atomic E-state index is 14.9. The summed E-state index contributed by atoms with van der Waals surface area (Å²) in [4.78, 5) is 29.7. The molecule has 0 aliphatic heterocycles. The molecular weight excluding hydrogens is 668 g/mol. The standard InChI is InChI=1S/C41H30O11/c1-5-15-36(47)29-26-23-22-20(16(43)10-17(44)21(22)40(51)32(26)37(15)48)19(13-6-8-14(42)9-7-13)28-25-24(23)27-30(29)38(49)18(11(2)3)39(50)33(27)41(52)31(25)35(46)12(4)34(28)45/h6-11,19,42-50H,5H2,1-4H3. The van der Waals surface area contributed by atoms with Crippen molar-refractivity contribution < 1.29 is 46.0 Å². The fourth-order valence-corrected chi connectivity index (χ4v) is 9.06. The molecule has 1 aliphatic carbocycles. The topological polar surface area (TPSA) is 216 Å². The smallest absolute Gasteiger partial charge is 0.201 e. The van der Waals surface area contributed by atoms with Crippen molar-refractivity contribution >= 4 is 64.6 Å². The molecule has 1 aliphatic rings. The van der Waals surface area contributed by atoms with E-state index < -0.39 is 68.7 Å². The third kappa shape index (κ3) is 3.31. The highest BCUT2D eigenvalue weighted by molar-refractivity contribution is 6.46. The van der Waals surface area contributed by atoms with E-state index in [1.165, 1.54) is 31.2 Å². The molecule has 0 aromatic heterocycles. The summed E-state index contributed by atoms with van der Waals surface area (Å²) in [6.45, 7) is 6.38. The van der Waals surface area contributed by atoms with Crippen LogP contribution in [0.2, 0.25) is 0 Å². The molecule has 0 radical (unpaired) electrons. The molecule has 0 heterocycles. The molecular formula is C41H30O11. The van der Waals surface area contributed by atoms with Crippen LogP contribution in [0.3, 0.4) is 0 Å². The lowest BCUT2D eigenvalue weighted by Crippen LogP contribution is -2.11. The second-order valence-corrected chi connectivity index (χ2v) is 14.0. The normalized spacial score (nSPS) is 14.3. The lowest BCUT2D eigenvalue weighted by atomic mass is 9.79. The van der Waals surface area contributed by atoms with Gasteiger partial charge >= 0.3 is 0 Å². The van der Waals surface area contributed by atoms with Crippen LogP contribution in [0, 0.1) is 6.92 Å². The summed E-state index contributed by atoms with van der Waals surface area (Å²) >= 11 is 0. The number of fused-ring (bicyclic) bond motifs is 1. The zero-order chi connectivity index (χ0) is 37.1. The van der Waals surface area contributed by atoms with Gasteiger partial charge in [0, 0.05) is 82.9 Å². The molecule has 8 aromatic rings. The Morgan fingerprint density at radius 2 is 1.02 bits per heavy atom. The molecule has 52 heavy (non-hydrogen) atoms. The second-order valence-electron chi connectivity index (χ2n) is 14.0. The van der Waals surface area contributed by atoms with Gasteiger partial charge in [0.2, 0.25) is 10.9 Å². The first-order valence-corrected chi connectivity index (χ1v) is 16.7. The summed E-state index contributed by atoms with van der Waals surface area (Å²) in [7, 11) is 0. The van der Waals surface area contributed by atoms with E-state index in [0.29, 0.717) is 5.56 Å². The number of phenols is 9. The Morgan fingerprint density at radius 3 is 1.62 bits per heavy atom. The molecule has 0 saturated carbocycles. The molecule has 9 rings (SSSR count). The largest absolute Gasteiger partial charge is 0.508 e. The van der Waals surface area contributed by atoms with Crippen molar-refractivity contribution in [2.45, 2.75) is 46.0 Å². The number of hydrogen-bond acceptors (Lipinski definition) is 11. The zero-order valence-electron chi connectivity index (χ0n) is 28.1. The minimum absolute atomic E-state index is 0.00372.